The van der Waals surface area contributed by atoms with Gasteiger partial charge in [-0.3, -0.25) is 10.1 Å². The summed E-state index contributed by atoms with van der Waals surface area (Å²) in [5.41, 5.74) is 0.0384. The van der Waals surface area contributed by atoms with E-state index in [0.717, 1.165) is 0 Å². The van der Waals surface area contributed by atoms with E-state index in [-0.39, 0.29) is 16.9 Å². The molecule has 76 valence electrons. The lowest BCUT2D eigenvalue weighted by atomic mass is 10.0. The van der Waals surface area contributed by atoms with Crippen LogP contribution in [0.1, 0.15) is 11.6 Å². The van der Waals surface area contributed by atoms with Crippen molar-refractivity contribution in [2.45, 2.75) is 6.04 Å². The van der Waals surface area contributed by atoms with Gasteiger partial charge >= 0.3 is 5.97 Å². The van der Waals surface area contributed by atoms with E-state index in [0.29, 0.717) is 0 Å². The van der Waals surface area contributed by atoms with Crippen molar-refractivity contribution in [3.05, 3.63) is 33.9 Å². The molecule has 0 bridgehead atoms. The van der Waals surface area contributed by atoms with Crippen LogP contribution in [0.15, 0.2) is 28.4 Å². The molecule has 15 heavy (non-hydrogen) atoms. The number of nitrogens with zero attached hydrogens (tertiary/aromatic N) is 3. The van der Waals surface area contributed by atoms with Crippen LogP contribution in [-0.2, 0) is 4.79 Å². The van der Waals surface area contributed by atoms with Gasteiger partial charge in [0.25, 0.3) is 5.69 Å². The van der Waals surface area contributed by atoms with E-state index >= 15 is 0 Å². The Hall–Kier alpha value is -2.31. The van der Waals surface area contributed by atoms with Crippen LogP contribution in [0.2, 0.25) is 0 Å². The van der Waals surface area contributed by atoms with Crippen molar-refractivity contribution in [3.8, 4) is 0 Å². The van der Waals surface area contributed by atoms with Crippen molar-refractivity contribution in [2.75, 3.05) is 0 Å². The molecule has 0 saturated heterocycles. The molecular weight excluding hydrogens is 202 g/mol. The summed E-state index contributed by atoms with van der Waals surface area (Å²) in [4.78, 5) is 20.8. The number of rotatable bonds is 2. The molecule has 1 heterocycles. The minimum Gasteiger partial charge on any atom is -0.479 e. The van der Waals surface area contributed by atoms with Crippen LogP contribution in [0.4, 0.5) is 11.4 Å². The zero-order valence-corrected chi connectivity index (χ0v) is 7.32. The Kier molecular flexibility index (Phi) is 1.93. The Morgan fingerprint density at radius 2 is 2.27 bits per heavy atom. The molecule has 0 fully saturated rings. The largest absolute Gasteiger partial charge is 0.479 e. The second-order valence-corrected chi connectivity index (χ2v) is 2.92. The van der Waals surface area contributed by atoms with E-state index in [1.807, 2.05) is 0 Å². The smallest absolute Gasteiger partial charge is 0.335 e. The molecule has 7 nitrogen and oxygen atoms in total. The number of aliphatic carboxylic acids is 1. The molecule has 7 heteroatoms. The van der Waals surface area contributed by atoms with Gasteiger partial charge in [0.1, 0.15) is 0 Å². The van der Waals surface area contributed by atoms with Crippen molar-refractivity contribution >= 4 is 17.3 Å². The zero-order chi connectivity index (χ0) is 11.0. The summed E-state index contributed by atoms with van der Waals surface area (Å²) in [5.74, 6) is -1.24. The predicted octanol–water partition coefficient (Wildman–Crippen LogP) is 1.82. The first-order valence-electron chi connectivity index (χ1n) is 4.02. The number of carbonyl (C=O) groups is 1. The summed E-state index contributed by atoms with van der Waals surface area (Å²) >= 11 is 0. The van der Waals surface area contributed by atoms with Gasteiger partial charge in [0.15, 0.2) is 0 Å². The van der Waals surface area contributed by atoms with E-state index < -0.39 is 16.9 Å². The molecule has 1 aliphatic heterocycles. The Labute approximate surface area is 83.2 Å². The SMILES string of the molecule is O=C(O)[C@H]1N=Nc2cccc([N+](=O)[O-])c21. The second kappa shape index (κ2) is 3.12. The molecule has 2 rings (SSSR count). The number of carboxylic acids is 1. The van der Waals surface area contributed by atoms with Crippen molar-refractivity contribution in [1.29, 1.82) is 0 Å². The highest BCUT2D eigenvalue weighted by Crippen LogP contribution is 2.41. The lowest BCUT2D eigenvalue weighted by Gasteiger charge is -2.02. The third kappa shape index (κ3) is 1.33. The van der Waals surface area contributed by atoms with Crippen molar-refractivity contribution in [3.63, 3.8) is 0 Å². The fourth-order valence-corrected chi connectivity index (χ4v) is 1.42. The van der Waals surface area contributed by atoms with Gasteiger partial charge in [-0.15, -0.1) is 0 Å². The average molecular weight is 207 g/mol. The van der Waals surface area contributed by atoms with Gasteiger partial charge in [-0.2, -0.15) is 10.2 Å². The number of benzene rings is 1. The average Bonchev–Trinajstić information content (AvgIpc) is 2.60. The fourth-order valence-electron chi connectivity index (χ4n) is 1.42. The molecule has 1 aromatic rings. The minimum absolute atomic E-state index is 0.0509. The molecule has 0 aromatic heterocycles. The van der Waals surface area contributed by atoms with Crippen LogP contribution in [0.5, 0.6) is 0 Å². The first kappa shape index (κ1) is 9.25. The highest BCUT2D eigenvalue weighted by molar-refractivity contribution is 5.81. The summed E-state index contributed by atoms with van der Waals surface area (Å²) in [6.45, 7) is 0. The molecular formula is C8H5N3O4. The summed E-state index contributed by atoms with van der Waals surface area (Å²) < 4.78 is 0. The number of fused-ring (bicyclic) bond motifs is 1. The lowest BCUT2D eigenvalue weighted by molar-refractivity contribution is -0.385. The molecule has 0 saturated carbocycles. The highest BCUT2D eigenvalue weighted by atomic mass is 16.6. The predicted molar refractivity (Wildman–Crippen MR) is 48.0 cm³/mol. The van der Waals surface area contributed by atoms with E-state index in [1.54, 1.807) is 0 Å². The number of hydrogen-bond acceptors (Lipinski definition) is 5. The van der Waals surface area contributed by atoms with E-state index in [2.05, 4.69) is 10.2 Å². The van der Waals surface area contributed by atoms with Crippen LogP contribution >= 0.6 is 0 Å². The maximum absolute atomic E-state index is 10.8. The molecule has 1 aromatic carbocycles. The monoisotopic (exact) mass is 207 g/mol. The van der Waals surface area contributed by atoms with Gasteiger partial charge in [-0.1, -0.05) is 6.07 Å². The van der Waals surface area contributed by atoms with Crippen molar-refractivity contribution in [2.24, 2.45) is 10.2 Å². The van der Waals surface area contributed by atoms with Crippen LogP contribution in [0.3, 0.4) is 0 Å². The zero-order valence-electron chi connectivity index (χ0n) is 7.32. The molecule has 1 aliphatic rings. The molecule has 0 amide bonds. The van der Waals surface area contributed by atoms with Gasteiger partial charge in [-0.25, -0.2) is 4.79 Å². The number of hydrogen-bond donors (Lipinski definition) is 1. The first-order valence-corrected chi connectivity index (χ1v) is 4.02. The van der Waals surface area contributed by atoms with Gasteiger partial charge in [0.05, 0.1) is 16.2 Å². The number of azo groups is 1. The molecule has 1 N–H and O–H groups in total. The van der Waals surface area contributed by atoms with Gasteiger partial charge < -0.3 is 5.11 Å². The first-order chi connectivity index (χ1) is 7.11. The van der Waals surface area contributed by atoms with Crippen LogP contribution in [-0.4, -0.2) is 16.0 Å². The quantitative estimate of drug-likeness (QED) is 0.589. The fraction of sp³-hybridized carbons (Fsp3) is 0.125. The summed E-state index contributed by atoms with van der Waals surface area (Å²) in [6.07, 6.45) is 0. The number of nitro groups is 1. The van der Waals surface area contributed by atoms with E-state index in [4.69, 9.17) is 5.11 Å². The Morgan fingerprint density at radius 3 is 2.87 bits per heavy atom. The molecule has 0 spiro atoms. The Balaban J connectivity index is 2.62. The second-order valence-electron chi connectivity index (χ2n) is 2.92. The van der Waals surface area contributed by atoms with Crippen LogP contribution in [0.25, 0.3) is 0 Å². The summed E-state index contributed by atoms with van der Waals surface area (Å²) in [5, 5.41) is 26.5. The molecule has 1 atom stereocenters. The normalized spacial score (nSPS) is 17.5. The Morgan fingerprint density at radius 1 is 1.53 bits per heavy atom. The molecule has 0 unspecified atom stereocenters. The maximum atomic E-state index is 10.8. The van der Waals surface area contributed by atoms with E-state index in [1.165, 1.54) is 18.2 Å². The summed E-state index contributed by atoms with van der Waals surface area (Å²) in [6, 6.07) is 2.92. The highest BCUT2D eigenvalue weighted by Gasteiger charge is 2.34. The van der Waals surface area contributed by atoms with Crippen LogP contribution in [0, 0.1) is 10.1 Å². The number of nitro benzene ring substituents is 1. The van der Waals surface area contributed by atoms with Gasteiger partial charge in [0.2, 0.25) is 6.04 Å². The van der Waals surface area contributed by atoms with Crippen LogP contribution < -0.4 is 0 Å². The molecule has 0 aliphatic carbocycles. The van der Waals surface area contributed by atoms with Gasteiger partial charge in [0, 0.05) is 6.07 Å². The van der Waals surface area contributed by atoms with Crippen molar-refractivity contribution < 1.29 is 14.8 Å². The maximum Gasteiger partial charge on any atom is 0.335 e. The standard InChI is InChI=1S/C8H5N3O4/c12-8(13)7-6-4(9-10-7)2-1-3-5(6)11(14)15/h1-3,7H,(H,12,13)/t7-/m0/s1. The third-order valence-corrected chi connectivity index (χ3v) is 2.05. The minimum atomic E-state index is -1.26. The lowest BCUT2D eigenvalue weighted by Crippen LogP contribution is -2.08. The van der Waals surface area contributed by atoms with Gasteiger partial charge in [-0.05, 0) is 6.07 Å². The molecule has 0 radical (unpaired) electrons. The number of carboxylic acid groups (broad SMARTS) is 1. The summed E-state index contributed by atoms with van der Waals surface area (Å²) in [7, 11) is 0. The third-order valence-electron chi connectivity index (χ3n) is 2.05. The Bertz CT molecular complexity index is 483. The van der Waals surface area contributed by atoms with Crippen molar-refractivity contribution in [1.82, 2.24) is 0 Å². The van der Waals surface area contributed by atoms with E-state index in [9.17, 15) is 14.9 Å². The topological polar surface area (TPSA) is 105 Å².